The van der Waals surface area contributed by atoms with Crippen molar-refractivity contribution in [3.05, 3.63) is 0 Å². The maximum Gasteiger partial charge on any atom is 0.208 e. The molecule has 4 rings (SSSR count). The molecule has 0 aliphatic heterocycles. The van der Waals surface area contributed by atoms with Gasteiger partial charge in [-0.25, -0.2) is 13.1 Å². The lowest BCUT2D eigenvalue weighted by atomic mass is 9.47. The Bertz CT molecular complexity index is 394. The van der Waals surface area contributed by atoms with E-state index in [1.165, 1.54) is 44.8 Å². The average Bonchev–Trinajstić information content (AvgIpc) is 2.22. The molecule has 0 radical (unpaired) electrons. The van der Waals surface area contributed by atoms with E-state index in [2.05, 4.69) is 11.6 Å². The second-order valence-corrected chi connectivity index (χ2v) is 8.91. The fraction of sp³-hybridized carbons (Fsp3) is 1.00. The van der Waals surface area contributed by atoms with E-state index in [4.69, 9.17) is 0 Å². The molecule has 0 aromatic carbocycles. The minimum atomic E-state index is -3.08. The van der Waals surface area contributed by atoms with E-state index in [-0.39, 0.29) is 11.5 Å². The van der Waals surface area contributed by atoms with Crippen molar-refractivity contribution in [3.8, 4) is 0 Å². The van der Waals surface area contributed by atoms with Crippen molar-refractivity contribution in [3.63, 3.8) is 0 Å². The smallest absolute Gasteiger partial charge is 0.208 e. The Morgan fingerprint density at radius 2 is 1.56 bits per heavy atom. The van der Waals surface area contributed by atoms with Crippen molar-refractivity contribution >= 4 is 10.0 Å². The highest BCUT2D eigenvalue weighted by Gasteiger charge is 2.54. The van der Waals surface area contributed by atoms with Gasteiger partial charge in [0.25, 0.3) is 0 Å². The number of nitrogens with one attached hydrogen (secondary N) is 1. The van der Waals surface area contributed by atoms with Gasteiger partial charge >= 0.3 is 0 Å². The minimum Gasteiger partial charge on any atom is -0.213 e. The normalized spacial score (nSPS) is 44.2. The van der Waals surface area contributed by atoms with Crippen LogP contribution < -0.4 is 4.72 Å². The predicted molar refractivity (Wildman–Crippen MR) is 72.7 cm³/mol. The first-order chi connectivity index (χ1) is 8.40. The molecule has 4 bridgehead atoms. The van der Waals surface area contributed by atoms with E-state index < -0.39 is 10.0 Å². The molecule has 0 amide bonds. The van der Waals surface area contributed by atoms with Crippen LogP contribution >= 0.6 is 0 Å². The van der Waals surface area contributed by atoms with Gasteiger partial charge in [0.2, 0.25) is 10.0 Å². The Labute approximate surface area is 111 Å². The molecule has 4 aliphatic rings. The van der Waals surface area contributed by atoms with Gasteiger partial charge in [0, 0.05) is 6.04 Å². The molecule has 0 aromatic rings. The van der Waals surface area contributed by atoms with Gasteiger partial charge in [-0.05, 0) is 68.1 Å². The Morgan fingerprint density at radius 3 is 1.89 bits per heavy atom. The fourth-order valence-corrected chi connectivity index (χ4v) is 6.44. The van der Waals surface area contributed by atoms with Gasteiger partial charge in [0.15, 0.2) is 0 Å². The molecule has 0 spiro atoms. The number of hydrogen-bond donors (Lipinski definition) is 1. The van der Waals surface area contributed by atoms with Crippen molar-refractivity contribution in [2.24, 2.45) is 23.2 Å². The summed E-state index contributed by atoms with van der Waals surface area (Å²) < 4.78 is 26.1. The second-order valence-electron chi connectivity index (χ2n) is 7.13. The van der Waals surface area contributed by atoms with Crippen LogP contribution in [0.3, 0.4) is 0 Å². The van der Waals surface area contributed by atoms with Crippen LogP contribution in [0.15, 0.2) is 0 Å². The molecule has 4 saturated carbocycles. The van der Waals surface area contributed by atoms with E-state index in [0.717, 1.165) is 24.2 Å². The number of hydrogen-bond acceptors (Lipinski definition) is 2. The number of rotatable bonds is 4. The molecule has 4 heteroatoms. The van der Waals surface area contributed by atoms with E-state index >= 15 is 0 Å². The van der Waals surface area contributed by atoms with Crippen LogP contribution in [0, 0.1) is 23.2 Å². The molecule has 1 atom stereocenters. The van der Waals surface area contributed by atoms with Crippen molar-refractivity contribution in [2.75, 3.05) is 6.26 Å². The first kappa shape index (κ1) is 12.9. The van der Waals surface area contributed by atoms with E-state index in [1.54, 1.807) is 0 Å². The predicted octanol–water partition coefficient (Wildman–Crippen LogP) is 2.53. The van der Waals surface area contributed by atoms with Crippen molar-refractivity contribution in [2.45, 2.75) is 57.9 Å². The van der Waals surface area contributed by atoms with Crippen LogP contribution in [-0.4, -0.2) is 20.7 Å². The summed E-state index contributed by atoms with van der Waals surface area (Å²) in [5, 5.41) is 0. The Balaban J connectivity index is 1.85. The molecule has 3 nitrogen and oxygen atoms in total. The van der Waals surface area contributed by atoms with E-state index in [0.29, 0.717) is 0 Å². The summed E-state index contributed by atoms with van der Waals surface area (Å²) in [5.41, 5.74) is 0.284. The van der Waals surface area contributed by atoms with Crippen LogP contribution in [0.1, 0.15) is 51.9 Å². The molecule has 104 valence electrons. The quantitative estimate of drug-likeness (QED) is 0.854. The average molecular weight is 271 g/mol. The topological polar surface area (TPSA) is 46.2 Å². The third-order valence-electron chi connectivity index (χ3n) is 5.59. The van der Waals surface area contributed by atoms with Gasteiger partial charge in [-0.2, -0.15) is 0 Å². The Morgan fingerprint density at radius 1 is 1.11 bits per heavy atom. The summed E-state index contributed by atoms with van der Waals surface area (Å²) in [4.78, 5) is 0. The first-order valence-corrected chi connectivity index (χ1v) is 9.26. The highest BCUT2D eigenvalue weighted by Crippen LogP contribution is 2.61. The van der Waals surface area contributed by atoms with Crippen molar-refractivity contribution < 1.29 is 8.42 Å². The van der Waals surface area contributed by atoms with Crippen LogP contribution in [0.4, 0.5) is 0 Å². The summed E-state index contributed by atoms with van der Waals surface area (Å²) in [6.07, 6.45) is 10.3. The van der Waals surface area contributed by atoms with Gasteiger partial charge in [0.05, 0.1) is 6.26 Å². The molecule has 4 aliphatic carbocycles. The van der Waals surface area contributed by atoms with Gasteiger partial charge in [-0.3, -0.25) is 0 Å². The second kappa shape index (κ2) is 4.20. The Hall–Kier alpha value is -0.0900. The zero-order valence-electron chi connectivity index (χ0n) is 11.5. The van der Waals surface area contributed by atoms with E-state index in [9.17, 15) is 8.42 Å². The maximum atomic E-state index is 11.6. The lowest BCUT2D eigenvalue weighted by Crippen LogP contribution is -2.56. The summed E-state index contributed by atoms with van der Waals surface area (Å²) in [6, 6.07) is 0.167. The summed E-state index contributed by atoms with van der Waals surface area (Å²) in [6.45, 7) is 2.13. The maximum absolute atomic E-state index is 11.6. The largest absolute Gasteiger partial charge is 0.213 e. The van der Waals surface area contributed by atoms with Crippen LogP contribution in [0.2, 0.25) is 0 Å². The molecule has 4 fully saturated rings. The van der Waals surface area contributed by atoms with E-state index in [1.807, 2.05) is 0 Å². The van der Waals surface area contributed by atoms with Crippen molar-refractivity contribution in [1.82, 2.24) is 4.72 Å². The Kier molecular flexibility index (Phi) is 3.02. The SMILES string of the molecule is CC[C@H](NS(C)(=O)=O)C12CC3CC(CC(C3)C1)C2. The molecular weight excluding hydrogens is 246 g/mol. The highest BCUT2D eigenvalue weighted by atomic mass is 32.2. The fourth-order valence-electron chi connectivity index (χ4n) is 5.50. The van der Waals surface area contributed by atoms with Gasteiger partial charge < -0.3 is 0 Å². The zero-order valence-corrected chi connectivity index (χ0v) is 12.3. The summed E-state index contributed by atoms with van der Waals surface area (Å²) in [5.74, 6) is 2.64. The summed E-state index contributed by atoms with van der Waals surface area (Å²) >= 11 is 0. The van der Waals surface area contributed by atoms with Crippen LogP contribution in [0.5, 0.6) is 0 Å². The number of sulfonamides is 1. The van der Waals surface area contributed by atoms with Gasteiger partial charge in [0.1, 0.15) is 0 Å². The first-order valence-electron chi connectivity index (χ1n) is 7.37. The van der Waals surface area contributed by atoms with Crippen LogP contribution in [0.25, 0.3) is 0 Å². The van der Waals surface area contributed by atoms with Crippen molar-refractivity contribution in [1.29, 1.82) is 0 Å². The van der Waals surface area contributed by atoms with Gasteiger partial charge in [-0.1, -0.05) is 6.92 Å². The molecule has 1 N–H and O–H groups in total. The monoisotopic (exact) mass is 271 g/mol. The highest BCUT2D eigenvalue weighted by molar-refractivity contribution is 7.88. The third kappa shape index (κ3) is 2.22. The minimum absolute atomic E-state index is 0.167. The molecule has 0 heterocycles. The molecule has 0 saturated heterocycles. The third-order valence-corrected chi connectivity index (χ3v) is 6.30. The standard InChI is InChI=1S/C14H25NO2S/c1-3-13(15-18(2,16)17)14-7-10-4-11(8-14)6-12(5-10)9-14/h10-13,15H,3-9H2,1-2H3/t10?,11?,12?,13-,14?/m0/s1. The molecular formula is C14H25NO2S. The molecule has 18 heavy (non-hydrogen) atoms. The molecule has 0 unspecified atom stereocenters. The zero-order chi connectivity index (χ0) is 13.0. The van der Waals surface area contributed by atoms with Crippen LogP contribution in [-0.2, 0) is 10.0 Å². The molecule has 0 aromatic heterocycles. The van der Waals surface area contributed by atoms with Gasteiger partial charge in [-0.15, -0.1) is 0 Å². The summed E-state index contributed by atoms with van der Waals surface area (Å²) in [7, 11) is -3.08. The lowest BCUT2D eigenvalue weighted by Gasteiger charge is -2.59. The lowest BCUT2D eigenvalue weighted by molar-refractivity contribution is -0.0703.